The fourth-order valence-corrected chi connectivity index (χ4v) is 4.31. The molecule has 0 aliphatic carbocycles. The minimum absolute atomic E-state index is 0.232. The summed E-state index contributed by atoms with van der Waals surface area (Å²) in [6.45, 7) is 8.03. The molecule has 0 N–H and O–H groups in total. The Balaban J connectivity index is 1.45. The third-order valence-electron chi connectivity index (χ3n) is 5.78. The molecule has 4 rings (SSSR count). The summed E-state index contributed by atoms with van der Waals surface area (Å²) in [5.41, 5.74) is 1.13. The Hall–Kier alpha value is -1.85. The summed E-state index contributed by atoms with van der Waals surface area (Å²) in [7, 11) is 0. The molecule has 0 saturated carbocycles. The van der Waals surface area contributed by atoms with Crippen molar-refractivity contribution < 1.29 is 9.53 Å². The van der Waals surface area contributed by atoms with Crippen LogP contribution in [0.3, 0.4) is 0 Å². The third-order valence-corrected chi connectivity index (χ3v) is 5.78. The summed E-state index contributed by atoms with van der Waals surface area (Å²) in [4.78, 5) is 17.5. The van der Waals surface area contributed by atoms with E-state index in [-0.39, 0.29) is 5.91 Å². The predicted octanol–water partition coefficient (Wildman–Crippen LogP) is 2.21. The van der Waals surface area contributed by atoms with Crippen molar-refractivity contribution >= 4 is 16.8 Å². The van der Waals surface area contributed by atoms with Crippen LogP contribution in [0.15, 0.2) is 36.5 Å². The van der Waals surface area contributed by atoms with Gasteiger partial charge in [0.2, 0.25) is 5.91 Å². The summed E-state index contributed by atoms with van der Waals surface area (Å²) < 4.78 is 7.56. The molecule has 25 heavy (non-hydrogen) atoms. The number of ether oxygens (including phenoxy) is 1. The Bertz CT molecular complexity index is 735. The standard InChI is InChI=1S/C20H27N3O2/c1-2-16-13-23(14-19(16)21-9-11-25-12-10-21)20(24)15-22-8-7-17-5-3-4-6-18(17)22/h3-8,16,19H,2,9-15H2,1H3/t16-,19-/m1/s1. The van der Waals surface area contributed by atoms with Crippen molar-refractivity contribution in [3.8, 4) is 0 Å². The smallest absolute Gasteiger partial charge is 0.242 e. The molecule has 1 aromatic heterocycles. The number of hydrogen-bond acceptors (Lipinski definition) is 3. The van der Waals surface area contributed by atoms with E-state index in [1.165, 1.54) is 5.39 Å². The molecule has 3 heterocycles. The number of likely N-dealkylation sites (tertiary alicyclic amines) is 1. The number of para-hydroxylation sites is 1. The van der Waals surface area contributed by atoms with Gasteiger partial charge in [-0.05, 0) is 23.4 Å². The molecule has 2 aliphatic heterocycles. The minimum Gasteiger partial charge on any atom is -0.379 e. The highest BCUT2D eigenvalue weighted by Gasteiger charge is 2.37. The average Bonchev–Trinajstić information content (AvgIpc) is 3.27. The first-order valence-corrected chi connectivity index (χ1v) is 9.39. The van der Waals surface area contributed by atoms with E-state index in [1.807, 2.05) is 18.3 Å². The summed E-state index contributed by atoms with van der Waals surface area (Å²) in [6.07, 6.45) is 3.15. The normalized spacial score (nSPS) is 24.9. The van der Waals surface area contributed by atoms with Gasteiger partial charge in [0.25, 0.3) is 0 Å². The van der Waals surface area contributed by atoms with Crippen LogP contribution in [0, 0.1) is 5.92 Å². The van der Waals surface area contributed by atoms with Gasteiger partial charge < -0.3 is 14.2 Å². The highest BCUT2D eigenvalue weighted by atomic mass is 16.5. The van der Waals surface area contributed by atoms with Gasteiger partial charge in [-0.2, -0.15) is 0 Å². The monoisotopic (exact) mass is 341 g/mol. The quantitative estimate of drug-likeness (QED) is 0.856. The zero-order valence-corrected chi connectivity index (χ0v) is 14.9. The average molecular weight is 341 g/mol. The van der Waals surface area contributed by atoms with E-state index in [1.54, 1.807) is 0 Å². The summed E-state index contributed by atoms with van der Waals surface area (Å²) >= 11 is 0. The summed E-state index contributed by atoms with van der Waals surface area (Å²) in [5, 5.41) is 1.19. The molecule has 2 aliphatic rings. The molecule has 0 bridgehead atoms. The van der Waals surface area contributed by atoms with Gasteiger partial charge in [0, 0.05) is 43.9 Å². The maximum Gasteiger partial charge on any atom is 0.242 e. The Morgan fingerprint density at radius 2 is 1.96 bits per heavy atom. The topological polar surface area (TPSA) is 37.7 Å². The van der Waals surface area contributed by atoms with Gasteiger partial charge in [0.15, 0.2) is 0 Å². The number of benzene rings is 1. The second-order valence-corrected chi connectivity index (χ2v) is 7.19. The maximum atomic E-state index is 12.9. The molecule has 0 radical (unpaired) electrons. The van der Waals surface area contributed by atoms with Crippen molar-refractivity contribution in [1.82, 2.24) is 14.4 Å². The Morgan fingerprint density at radius 3 is 2.76 bits per heavy atom. The molecule has 5 nitrogen and oxygen atoms in total. The van der Waals surface area contributed by atoms with E-state index in [9.17, 15) is 4.79 Å². The molecule has 2 aromatic rings. The number of nitrogens with zero attached hydrogens (tertiary/aromatic N) is 3. The molecule has 5 heteroatoms. The van der Waals surface area contributed by atoms with Gasteiger partial charge in [-0.25, -0.2) is 0 Å². The molecule has 2 atom stereocenters. The van der Waals surface area contributed by atoms with Crippen LogP contribution >= 0.6 is 0 Å². The van der Waals surface area contributed by atoms with Crippen LogP contribution in [0.5, 0.6) is 0 Å². The number of carbonyl (C=O) groups excluding carboxylic acids is 1. The highest BCUT2D eigenvalue weighted by Crippen LogP contribution is 2.26. The van der Waals surface area contributed by atoms with E-state index in [4.69, 9.17) is 4.74 Å². The lowest BCUT2D eigenvalue weighted by Crippen LogP contribution is -2.47. The first kappa shape index (κ1) is 16.6. The van der Waals surface area contributed by atoms with E-state index in [0.717, 1.165) is 51.3 Å². The first-order chi connectivity index (χ1) is 12.3. The molecule has 0 unspecified atom stereocenters. The van der Waals surface area contributed by atoms with Crippen molar-refractivity contribution in [3.63, 3.8) is 0 Å². The zero-order chi connectivity index (χ0) is 17.2. The SMILES string of the molecule is CC[C@@H]1CN(C(=O)Cn2ccc3ccccc32)C[C@H]1N1CCOCC1. The van der Waals surface area contributed by atoms with Crippen molar-refractivity contribution in [2.45, 2.75) is 25.9 Å². The Labute approximate surface area is 149 Å². The fourth-order valence-electron chi connectivity index (χ4n) is 4.31. The number of amides is 1. The zero-order valence-electron chi connectivity index (χ0n) is 14.9. The number of morpholine rings is 1. The largest absolute Gasteiger partial charge is 0.379 e. The molecule has 1 aromatic carbocycles. The third kappa shape index (κ3) is 3.31. The molecule has 134 valence electrons. The van der Waals surface area contributed by atoms with E-state index in [0.29, 0.717) is 18.5 Å². The van der Waals surface area contributed by atoms with Crippen LogP contribution in [-0.2, 0) is 16.1 Å². The number of aromatic nitrogens is 1. The van der Waals surface area contributed by atoms with Gasteiger partial charge in [0.05, 0.1) is 13.2 Å². The molecule has 2 saturated heterocycles. The molecular weight excluding hydrogens is 314 g/mol. The van der Waals surface area contributed by atoms with Crippen molar-refractivity contribution in [2.24, 2.45) is 5.92 Å². The molecule has 1 amide bonds. The van der Waals surface area contributed by atoms with Crippen molar-refractivity contribution in [1.29, 1.82) is 0 Å². The first-order valence-electron chi connectivity index (χ1n) is 9.39. The summed E-state index contributed by atoms with van der Waals surface area (Å²) in [6, 6.07) is 10.8. The lowest BCUT2D eigenvalue weighted by atomic mass is 9.99. The van der Waals surface area contributed by atoms with Crippen LogP contribution in [0.1, 0.15) is 13.3 Å². The van der Waals surface area contributed by atoms with E-state index in [2.05, 4.69) is 39.5 Å². The second kappa shape index (κ2) is 7.18. The molecular formula is C20H27N3O2. The Kier molecular flexibility index (Phi) is 4.77. The molecule has 0 spiro atoms. The number of fused-ring (bicyclic) bond motifs is 1. The molecule has 2 fully saturated rings. The van der Waals surface area contributed by atoms with Gasteiger partial charge >= 0.3 is 0 Å². The van der Waals surface area contributed by atoms with Crippen LogP contribution in [0.25, 0.3) is 10.9 Å². The Morgan fingerprint density at radius 1 is 1.16 bits per heavy atom. The van der Waals surface area contributed by atoms with Crippen LogP contribution in [-0.4, -0.2) is 65.7 Å². The lowest BCUT2D eigenvalue weighted by Gasteiger charge is -2.34. The fraction of sp³-hybridized carbons (Fsp3) is 0.550. The van der Waals surface area contributed by atoms with Crippen LogP contribution in [0.4, 0.5) is 0 Å². The highest BCUT2D eigenvalue weighted by molar-refractivity contribution is 5.83. The predicted molar refractivity (Wildman–Crippen MR) is 98.5 cm³/mol. The summed E-state index contributed by atoms with van der Waals surface area (Å²) in [5.74, 6) is 0.805. The number of hydrogen-bond donors (Lipinski definition) is 0. The van der Waals surface area contributed by atoms with Gasteiger partial charge in [-0.3, -0.25) is 9.69 Å². The van der Waals surface area contributed by atoms with Gasteiger partial charge in [-0.1, -0.05) is 31.5 Å². The lowest BCUT2D eigenvalue weighted by molar-refractivity contribution is -0.131. The van der Waals surface area contributed by atoms with E-state index >= 15 is 0 Å². The number of rotatable bonds is 4. The number of carbonyl (C=O) groups is 1. The van der Waals surface area contributed by atoms with Crippen molar-refractivity contribution in [3.05, 3.63) is 36.5 Å². The van der Waals surface area contributed by atoms with Gasteiger partial charge in [-0.15, -0.1) is 0 Å². The van der Waals surface area contributed by atoms with Crippen LogP contribution < -0.4 is 0 Å². The van der Waals surface area contributed by atoms with Crippen LogP contribution in [0.2, 0.25) is 0 Å². The van der Waals surface area contributed by atoms with Crippen molar-refractivity contribution in [2.75, 3.05) is 39.4 Å². The van der Waals surface area contributed by atoms with Gasteiger partial charge in [0.1, 0.15) is 6.54 Å². The second-order valence-electron chi connectivity index (χ2n) is 7.19. The minimum atomic E-state index is 0.232. The van der Waals surface area contributed by atoms with E-state index < -0.39 is 0 Å². The maximum absolute atomic E-state index is 12.9.